The van der Waals surface area contributed by atoms with Gasteiger partial charge in [0.2, 0.25) is 0 Å². The van der Waals surface area contributed by atoms with E-state index < -0.39 is 23.4 Å². The third-order valence-electron chi connectivity index (χ3n) is 6.67. The summed E-state index contributed by atoms with van der Waals surface area (Å²) in [6.45, 7) is 1.52. The third kappa shape index (κ3) is 5.92. The van der Waals surface area contributed by atoms with Crippen molar-refractivity contribution in [2.45, 2.75) is 44.6 Å². The fourth-order valence-electron chi connectivity index (χ4n) is 4.62. The number of nitrogens with zero attached hydrogens (tertiary/aromatic N) is 1. The maximum Gasteiger partial charge on any atom is 0.329 e. The number of urea groups is 1. The summed E-state index contributed by atoms with van der Waals surface area (Å²) in [4.78, 5) is 43.1. The molecule has 0 radical (unpaired) electrons. The standard InChI is InChI=1S/C26H25Cl3N4O4/c1-26(24(35)36,15-8-3-2-4-9-15)33-23(34)22-20(11-14-7-5-6-10-19(14)30-22)31-25(37)32-21-17(28)12-16(27)13-18(21)29/h5-7,10-13,15H,2-4,8-9H2,1H3,(H,33,34)(H,35,36)(H2,31,32,37)/t26-/m0/s1. The van der Waals surface area contributed by atoms with Crippen molar-refractivity contribution in [3.05, 3.63) is 63.2 Å². The first-order valence-corrected chi connectivity index (χ1v) is 12.9. The molecule has 3 aromatic rings. The Balaban J connectivity index is 1.66. The van der Waals surface area contributed by atoms with Gasteiger partial charge >= 0.3 is 12.0 Å². The molecule has 1 heterocycles. The number of amides is 3. The van der Waals surface area contributed by atoms with E-state index in [0.29, 0.717) is 28.8 Å². The van der Waals surface area contributed by atoms with Gasteiger partial charge in [0.15, 0.2) is 5.69 Å². The molecule has 3 amide bonds. The molecule has 2 aromatic carbocycles. The van der Waals surface area contributed by atoms with E-state index in [1.54, 1.807) is 30.3 Å². The Morgan fingerprint density at radius 3 is 2.27 bits per heavy atom. The molecule has 8 nitrogen and oxygen atoms in total. The van der Waals surface area contributed by atoms with Crippen LogP contribution in [-0.2, 0) is 4.79 Å². The van der Waals surface area contributed by atoms with E-state index in [0.717, 1.165) is 19.3 Å². The zero-order chi connectivity index (χ0) is 26.7. The van der Waals surface area contributed by atoms with E-state index in [1.165, 1.54) is 19.1 Å². The zero-order valence-electron chi connectivity index (χ0n) is 19.9. The van der Waals surface area contributed by atoms with E-state index >= 15 is 0 Å². The number of carbonyl (C=O) groups excluding carboxylic acids is 2. The van der Waals surface area contributed by atoms with Crippen molar-refractivity contribution in [1.29, 1.82) is 0 Å². The van der Waals surface area contributed by atoms with Crippen LogP contribution in [0.15, 0.2) is 42.5 Å². The quantitative estimate of drug-likeness (QED) is 0.257. The first kappa shape index (κ1) is 27.0. The van der Waals surface area contributed by atoms with Crippen LogP contribution in [0.25, 0.3) is 10.9 Å². The van der Waals surface area contributed by atoms with Crippen LogP contribution in [0.1, 0.15) is 49.5 Å². The number of aliphatic carboxylic acids is 1. The van der Waals surface area contributed by atoms with Crippen molar-refractivity contribution in [2.75, 3.05) is 10.6 Å². The molecular weight excluding hydrogens is 539 g/mol. The Kier molecular flexibility index (Phi) is 8.11. The highest BCUT2D eigenvalue weighted by molar-refractivity contribution is 6.42. The number of para-hydroxylation sites is 1. The third-order valence-corrected chi connectivity index (χ3v) is 7.49. The summed E-state index contributed by atoms with van der Waals surface area (Å²) >= 11 is 18.3. The van der Waals surface area contributed by atoms with E-state index in [9.17, 15) is 19.5 Å². The number of carboxylic acids is 1. The number of nitrogens with one attached hydrogen (secondary N) is 3. The highest BCUT2D eigenvalue weighted by Crippen LogP contribution is 2.35. The zero-order valence-corrected chi connectivity index (χ0v) is 22.2. The Labute approximate surface area is 228 Å². The van der Waals surface area contributed by atoms with Gasteiger partial charge in [-0.1, -0.05) is 72.3 Å². The molecule has 0 bridgehead atoms. The van der Waals surface area contributed by atoms with Gasteiger partial charge in [0.1, 0.15) is 5.54 Å². The van der Waals surface area contributed by atoms with Crippen molar-refractivity contribution < 1.29 is 19.5 Å². The SMILES string of the molecule is C[C@@](NC(=O)c1nc2ccccc2cc1NC(=O)Nc1c(Cl)cc(Cl)cc1Cl)(C(=O)O)C1CCCCC1. The van der Waals surface area contributed by atoms with Crippen LogP contribution in [0.2, 0.25) is 15.1 Å². The van der Waals surface area contributed by atoms with Gasteiger partial charge in [0.25, 0.3) is 5.91 Å². The predicted molar refractivity (Wildman–Crippen MR) is 146 cm³/mol. The fourth-order valence-corrected chi connectivity index (χ4v) is 5.53. The molecule has 194 valence electrons. The lowest BCUT2D eigenvalue weighted by Gasteiger charge is -2.37. The number of hydrogen-bond donors (Lipinski definition) is 4. The van der Waals surface area contributed by atoms with Crippen LogP contribution in [0.4, 0.5) is 16.2 Å². The molecule has 37 heavy (non-hydrogen) atoms. The summed E-state index contributed by atoms with van der Waals surface area (Å²) in [5, 5.41) is 19.2. The van der Waals surface area contributed by atoms with Gasteiger partial charge in [0.05, 0.1) is 26.9 Å². The smallest absolute Gasteiger partial charge is 0.329 e. The van der Waals surface area contributed by atoms with Crippen molar-refractivity contribution in [2.24, 2.45) is 5.92 Å². The topological polar surface area (TPSA) is 120 Å². The summed E-state index contributed by atoms with van der Waals surface area (Å²) in [5.74, 6) is -2.05. The second-order valence-electron chi connectivity index (χ2n) is 9.20. The van der Waals surface area contributed by atoms with Crippen LogP contribution < -0.4 is 16.0 Å². The predicted octanol–water partition coefficient (Wildman–Crippen LogP) is 6.99. The first-order valence-electron chi connectivity index (χ1n) is 11.8. The van der Waals surface area contributed by atoms with Gasteiger partial charge in [-0.05, 0) is 49.9 Å². The minimum atomic E-state index is -1.49. The molecule has 0 spiro atoms. The van der Waals surface area contributed by atoms with Crippen molar-refractivity contribution in [1.82, 2.24) is 10.3 Å². The van der Waals surface area contributed by atoms with E-state index in [-0.39, 0.29) is 33.0 Å². The maximum absolute atomic E-state index is 13.5. The molecule has 1 aromatic heterocycles. The van der Waals surface area contributed by atoms with Crippen LogP contribution in [0, 0.1) is 5.92 Å². The number of aromatic nitrogens is 1. The van der Waals surface area contributed by atoms with Gasteiger partial charge in [-0.2, -0.15) is 0 Å². The Hall–Kier alpha value is -3.07. The molecular formula is C26H25Cl3N4O4. The van der Waals surface area contributed by atoms with Crippen LogP contribution in [0.3, 0.4) is 0 Å². The second kappa shape index (κ2) is 11.1. The maximum atomic E-state index is 13.5. The molecule has 1 atom stereocenters. The van der Waals surface area contributed by atoms with Gasteiger partial charge in [-0.25, -0.2) is 14.6 Å². The average Bonchev–Trinajstić information content (AvgIpc) is 2.86. The summed E-state index contributed by atoms with van der Waals surface area (Å²) < 4.78 is 0. The minimum Gasteiger partial charge on any atom is -0.480 e. The molecule has 1 fully saturated rings. The van der Waals surface area contributed by atoms with Crippen LogP contribution >= 0.6 is 34.8 Å². The van der Waals surface area contributed by atoms with Crippen molar-refractivity contribution in [3.63, 3.8) is 0 Å². The molecule has 1 aliphatic carbocycles. The molecule has 1 saturated carbocycles. The lowest BCUT2D eigenvalue weighted by molar-refractivity contribution is -0.146. The second-order valence-corrected chi connectivity index (χ2v) is 10.4. The Morgan fingerprint density at radius 1 is 0.973 bits per heavy atom. The first-order chi connectivity index (χ1) is 17.6. The summed E-state index contributed by atoms with van der Waals surface area (Å²) in [7, 11) is 0. The van der Waals surface area contributed by atoms with E-state index in [1.807, 2.05) is 0 Å². The number of carbonyl (C=O) groups is 3. The van der Waals surface area contributed by atoms with E-state index in [4.69, 9.17) is 34.8 Å². The van der Waals surface area contributed by atoms with Gasteiger partial charge in [-0.15, -0.1) is 0 Å². The van der Waals surface area contributed by atoms with Crippen molar-refractivity contribution in [3.8, 4) is 0 Å². The lowest BCUT2D eigenvalue weighted by Crippen LogP contribution is -2.57. The fraction of sp³-hybridized carbons (Fsp3) is 0.308. The largest absolute Gasteiger partial charge is 0.480 e. The molecule has 1 aliphatic rings. The normalized spacial score (nSPS) is 15.6. The number of hydrogen-bond acceptors (Lipinski definition) is 4. The highest BCUT2D eigenvalue weighted by Gasteiger charge is 2.43. The van der Waals surface area contributed by atoms with Gasteiger partial charge < -0.3 is 21.1 Å². The van der Waals surface area contributed by atoms with Crippen molar-refractivity contribution >= 4 is 75.0 Å². The average molecular weight is 564 g/mol. The Morgan fingerprint density at radius 2 is 1.62 bits per heavy atom. The van der Waals surface area contributed by atoms with Gasteiger partial charge in [0, 0.05) is 10.4 Å². The minimum absolute atomic E-state index is 0.0892. The van der Waals surface area contributed by atoms with Crippen LogP contribution in [-0.4, -0.2) is 33.5 Å². The molecule has 0 unspecified atom stereocenters. The van der Waals surface area contributed by atoms with E-state index in [2.05, 4.69) is 20.9 Å². The molecule has 0 aliphatic heterocycles. The molecule has 0 saturated heterocycles. The number of halogens is 3. The van der Waals surface area contributed by atoms with Crippen LogP contribution in [0.5, 0.6) is 0 Å². The number of fused-ring (bicyclic) bond motifs is 1. The van der Waals surface area contributed by atoms with Gasteiger partial charge in [-0.3, -0.25) is 4.79 Å². The summed E-state index contributed by atoms with van der Waals surface area (Å²) in [6, 6.07) is 10.8. The number of pyridine rings is 1. The number of anilines is 2. The summed E-state index contributed by atoms with van der Waals surface area (Å²) in [6.07, 6.45) is 4.24. The molecule has 11 heteroatoms. The number of rotatable bonds is 6. The monoisotopic (exact) mass is 562 g/mol. The molecule has 4 rings (SSSR count). The molecule has 4 N–H and O–H groups in total. The number of benzene rings is 2. The summed E-state index contributed by atoms with van der Waals surface area (Å²) in [5.41, 5.74) is -0.871. The lowest BCUT2D eigenvalue weighted by atomic mass is 9.75. The Bertz CT molecular complexity index is 1350. The number of carboxylic acid groups (broad SMARTS) is 1. The highest BCUT2D eigenvalue weighted by atomic mass is 35.5.